The second kappa shape index (κ2) is 5.39. The number of aromatic carboxylic acids is 1. The number of fused-ring (bicyclic) bond motifs is 2. The molecule has 4 nitrogen and oxygen atoms in total. The molecule has 2 aliphatic carbocycles. The maximum atomic E-state index is 12.5. The summed E-state index contributed by atoms with van der Waals surface area (Å²) in [5.41, 5.74) is -0.0102. The first-order chi connectivity index (χ1) is 9.87. The highest BCUT2D eigenvalue weighted by atomic mass is 79.9. The second-order valence-electron chi connectivity index (χ2n) is 6.16. The molecule has 0 aliphatic heterocycles. The lowest BCUT2D eigenvalue weighted by molar-refractivity contribution is 0.0695. The monoisotopic (exact) mass is 372 g/mol. The van der Waals surface area contributed by atoms with Crippen molar-refractivity contribution in [3.63, 3.8) is 0 Å². The van der Waals surface area contributed by atoms with Gasteiger partial charge in [0.2, 0.25) is 0 Å². The van der Waals surface area contributed by atoms with Crippen LogP contribution in [-0.2, 0) is 9.84 Å². The summed E-state index contributed by atoms with van der Waals surface area (Å²) in [6.45, 7) is 0. The average molecular weight is 373 g/mol. The lowest BCUT2D eigenvalue weighted by atomic mass is 9.90. The number of benzene rings is 1. The SMILES string of the molecule is O=C(O)c1cc(S(=O)(=O)CC2CC3CCC2C3)ccc1Br. The maximum absolute atomic E-state index is 12.5. The van der Waals surface area contributed by atoms with Gasteiger partial charge in [-0.1, -0.05) is 6.42 Å². The van der Waals surface area contributed by atoms with Crippen molar-refractivity contribution in [3.05, 3.63) is 28.2 Å². The summed E-state index contributed by atoms with van der Waals surface area (Å²) in [6, 6.07) is 4.24. The molecule has 1 N–H and O–H groups in total. The molecule has 0 spiro atoms. The summed E-state index contributed by atoms with van der Waals surface area (Å²) in [6.07, 6.45) is 4.56. The minimum atomic E-state index is -3.42. The molecule has 0 radical (unpaired) electrons. The van der Waals surface area contributed by atoms with E-state index in [0.29, 0.717) is 16.3 Å². The van der Waals surface area contributed by atoms with Crippen molar-refractivity contribution in [2.24, 2.45) is 17.8 Å². The fraction of sp³-hybridized carbons (Fsp3) is 0.533. The molecule has 0 amide bonds. The smallest absolute Gasteiger partial charge is 0.336 e. The summed E-state index contributed by atoms with van der Waals surface area (Å²) in [5.74, 6) is 0.507. The Hall–Kier alpha value is -0.880. The van der Waals surface area contributed by atoms with Gasteiger partial charge in [-0.15, -0.1) is 0 Å². The van der Waals surface area contributed by atoms with Gasteiger partial charge < -0.3 is 5.11 Å². The second-order valence-corrected chi connectivity index (χ2v) is 9.05. The summed E-state index contributed by atoms with van der Waals surface area (Å²) in [7, 11) is -3.42. The minimum absolute atomic E-state index is 0.0102. The first kappa shape index (κ1) is 15.0. The molecule has 1 aromatic rings. The van der Waals surface area contributed by atoms with E-state index in [1.807, 2.05) is 0 Å². The van der Waals surface area contributed by atoms with Gasteiger partial charge in [-0.05, 0) is 71.1 Å². The van der Waals surface area contributed by atoms with Crippen molar-refractivity contribution in [1.82, 2.24) is 0 Å². The largest absolute Gasteiger partial charge is 0.478 e. The lowest BCUT2D eigenvalue weighted by Gasteiger charge is -2.21. The number of carboxylic acids is 1. The molecular weight excluding hydrogens is 356 g/mol. The van der Waals surface area contributed by atoms with Gasteiger partial charge in [0.25, 0.3) is 0 Å². The molecule has 2 bridgehead atoms. The zero-order valence-corrected chi connectivity index (χ0v) is 13.9. The molecule has 3 atom stereocenters. The van der Waals surface area contributed by atoms with Crippen LogP contribution in [0.25, 0.3) is 0 Å². The molecular formula is C15H17BrO4S. The maximum Gasteiger partial charge on any atom is 0.336 e. The van der Waals surface area contributed by atoms with Gasteiger partial charge in [0, 0.05) is 4.47 Å². The van der Waals surface area contributed by atoms with E-state index in [1.165, 1.54) is 31.0 Å². The van der Waals surface area contributed by atoms with Gasteiger partial charge in [0.1, 0.15) is 0 Å². The number of rotatable bonds is 4. The third-order valence-corrected chi connectivity index (χ3v) is 7.38. The number of carboxylic acid groups (broad SMARTS) is 1. The van der Waals surface area contributed by atoms with E-state index in [-0.39, 0.29) is 22.1 Å². The Morgan fingerprint density at radius 1 is 1.29 bits per heavy atom. The van der Waals surface area contributed by atoms with Gasteiger partial charge in [0.05, 0.1) is 16.2 Å². The topological polar surface area (TPSA) is 71.4 Å². The van der Waals surface area contributed by atoms with Crippen LogP contribution in [-0.4, -0.2) is 25.2 Å². The lowest BCUT2D eigenvalue weighted by Crippen LogP contribution is -2.21. The molecule has 6 heteroatoms. The van der Waals surface area contributed by atoms with Crippen LogP contribution in [0.4, 0.5) is 0 Å². The summed E-state index contributed by atoms with van der Waals surface area (Å²) >= 11 is 3.14. The summed E-state index contributed by atoms with van der Waals surface area (Å²) in [5, 5.41) is 9.10. The molecule has 3 rings (SSSR count). The number of hydrogen-bond acceptors (Lipinski definition) is 3. The van der Waals surface area contributed by atoms with Crippen LogP contribution in [0.2, 0.25) is 0 Å². The van der Waals surface area contributed by atoms with Crippen molar-refractivity contribution in [2.75, 3.05) is 5.75 Å². The Kier molecular flexibility index (Phi) is 3.86. The normalized spacial score (nSPS) is 28.0. The van der Waals surface area contributed by atoms with Gasteiger partial charge in [-0.2, -0.15) is 0 Å². The zero-order valence-electron chi connectivity index (χ0n) is 11.5. The Morgan fingerprint density at radius 2 is 2.05 bits per heavy atom. The average Bonchev–Trinajstić information content (AvgIpc) is 3.00. The highest BCUT2D eigenvalue weighted by molar-refractivity contribution is 9.10. The van der Waals surface area contributed by atoms with Gasteiger partial charge in [-0.3, -0.25) is 0 Å². The molecule has 2 saturated carbocycles. The zero-order chi connectivity index (χ0) is 15.2. The molecule has 114 valence electrons. The van der Waals surface area contributed by atoms with E-state index in [0.717, 1.165) is 12.8 Å². The quantitative estimate of drug-likeness (QED) is 0.879. The highest BCUT2D eigenvalue weighted by Gasteiger charge is 2.41. The van der Waals surface area contributed by atoms with Crippen molar-refractivity contribution >= 4 is 31.7 Å². The van der Waals surface area contributed by atoms with E-state index < -0.39 is 15.8 Å². The van der Waals surface area contributed by atoms with Crippen molar-refractivity contribution < 1.29 is 18.3 Å². The minimum Gasteiger partial charge on any atom is -0.478 e. The third-order valence-electron chi connectivity index (χ3n) is 4.85. The van der Waals surface area contributed by atoms with Crippen LogP contribution in [0, 0.1) is 17.8 Å². The van der Waals surface area contributed by atoms with Crippen molar-refractivity contribution in [3.8, 4) is 0 Å². The van der Waals surface area contributed by atoms with Crippen LogP contribution in [0.5, 0.6) is 0 Å². The fourth-order valence-corrected chi connectivity index (χ4v) is 5.97. The van der Waals surface area contributed by atoms with Gasteiger partial charge in [0.15, 0.2) is 9.84 Å². The number of hydrogen-bond donors (Lipinski definition) is 1. The predicted molar refractivity (Wildman–Crippen MR) is 82.1 cm³/mol. The Morgan fingerprint density at radius 3 is 2.62 bits per heavy atom. The van der Waals surface area contributed by atoms with Crippen LogP contribution in [0.15, 0.2) is 27.6 Å². The molecule has 0 aromatic heterocycles. The van der Waals surface area contributed by atoms with E-state index in [4.69, 9.17) is 5.11 Å². The van der Waals surface area contributed by atoms with Gasteiger partial charge in [-0.25, -0.2) is 13.2 Å². The first-order valence-electron chi connectivity index (χ1n) is 7.12. The van der Waals surface area contributed by atoms with Crippen LogP contribution >= 0.6 is 15.9 Å². The van der Waals surface area contributed by atoms with E-state index in [1.54, 1.807) is 0 Å². The van der Waals surface area contributed by atoms with Crippen LogP contribution in [0.1, 0.15) is 36.0 Å². The number of sulfone groups is 1. The highest BCUT2D eigenvalue weighted by Crippen LogP contribution is 2.49. The van der Waals surface area contributed by atoms with Crippen LogP contribution in [0.3, 0.4) is 0 Å². The predicted octanol–water partition coefficient (Wildman–Crippen LogP) is 3.36. The standard InChI is InChI=1S/C15H17BrO4S/c16-14-4-3-12(7-13(14)15(17)18)21(19,20)8-11-6-9-1-2-10(11)5-9/h3-4,7,9-11H,1-2,5-6,8H2,(H,17,18). The molecule has 1 aromatic carbocycles. The first-order valence-corrected chi connectivity index (χ1v) is 9.57. The van der Waals surface area contributed by atoms with Crippen molar-refractivity contribution in [2.45, 2.75) is 30.6 Å². The number of carbonyl (C=O) groups is 1. The summed E-state index contributed by atoms with van der Waals surface area (Å²) in [4.78, 5) is 11.2. The van der Waals surface area contributed by atoms with E-state index >= 15 is 0 Å². The Bertz CT molecular complexity index is 683. The molecule has 21 heavy (non-hydrogen) atoms. The fourth-order valence-electron chi connectivity index (χ4n) is 3.82. The Balaban J connectivity index is 1.85. The third kappa shape index (κ3) is 2.88. The van der Waals surface area contributed by atoms with Crippen molar-refractivity contribution in [1.29, 1.82) is 0 Å². The van der Waals surface area contributed by atoms with E-state index in [9.17, 15) is 13.2 Å². The van der Waals surface area contributed by atoms with Crippen LogP contribution < -0.4 is 0 Å². The van der Waals surface area contributed by atoms with E-state index in [2.05, 4.69) is 15.9 Å². The molecule has 0 saturated heterocycles. The Labute approximate surface area is 132 Å². The molecule has 3 unspecified atom stereocenters. The van der Waals surface area contributed by atoms with Gasteiger partial charge >= 0.3 is 5.97 Å². The molecule has 0 heterocycles. The molecule has 2 aliphatic rings. The number of halogens is 1. The summed E-state index contributed by atoms with van der Waals surface area (Å²) < 4.78 is 25.5. The molecule has 2 fully saturated rings.